The quantitative estimate of drug-likeness (QED) is 0.864. The average Bonchev–Trinajstić information content (AvgIpc) is 2.44. The fourth-order valence-corrected chi connectivity index (χ4v) is 2.13. The standard InChI is InChI=1S/C14H12BrFN2O/c1-2-18(11-5-7-17-8-6-11)14(19)10-3-4-13(16)12(15)9-10/h3-9H,2H2,1H3. The van der Waals surface area contributed by atoms with E-state index in [1.165, 1.54) is 18.2 Å². The molecule has 1 aromatic carbocycles. The molecule has 0 unspecified atom stereocenters. The zero-order chi connectivity index (χ0) is 13.8. The lowest BCUT2D eigenvalue weighted by atomic mass is 10.2. The summed E-state index contributed by atoms with van der Waals surface area (Å²) in [5.41, 5.74) is 1.20. The fraction of sp³-hybridized carbons (Fsp3) is 0.143. The van der Waals surface area contributed by atoms with Crippen molar-refractivity contribution in [1.82, 2.24) is 4.98 Å². The molecule has 1 aromatic heterocycles. The van der Waals surface area contributed by atoms with Gasteiger partial charge in [-0.1, -0.05) is 0 Å². The van der Waals surface area contributed by atoms with Crippen LogP contribution in [0.1, 0.15) is 17.3 Å². The van der Waals surface area contributed by atoms with Gasteiger partial charge in [0.1, 0.15) is 5.82 Å². The van der Waals surface area contributed by atoms with Gasteiger partial charge in [0.05, 0.1) is 4.47 Å². The molecule has 98 valence electrons. The Bertz CT molecular complexity index is 589. The molecule has 0 spiro atoms. The second-order valence-electron chi connectivity index (χ2n) is 3.88. The van der Waals surface area contributed by atoms with E-state index in [0.717, 1.165) is 5.69 Å². The molecule has 0 fully saturated rings. The van der Waals surface area contributed by atoms with Gasteiger partial charge >= 0.3 is 0 Å². The summed E-state index contributed by atoms with van der Waals surface area (Å²) >= 11 is 3.09. The normalized spacial score (nSPS) is 10.3. The predicted octanol–water partition coefficient (Wildman–Crippen LogP) is 3.65. The molecule has 1 amide bonds. The second-order valence-corrected chi connectivity index (χ2v) is 4.74. The highest BCUT2D eigenvalue weighted by Gasteiger charge is 2.16. The molecule has 19 heavy (non-hydrogen) atoms. The zero-order valence-corrected chi connectivity index (χ0v) is 11.9. The molecule has 0 saturated carbocycles. The van der Waals surface area contributed by atoms with E-state index >= 15 is 0 Å². The summed E-state index contributed by atoms with van der Waals surface area (Å²) in [5.74, 6) is -0.557. The van der Waals surface area contributed by atoms with Crippen LogP contribution in [0.5, 0.6) is 0 Å². The van der Waals surface area contributed by atoms with Crippen LogP contribution in [-0.4, -0.2) is 17.4 Å². The molecule has 0 aliphatic heterocycles. The molecular weight excluding hydrogens is 311 g/mol. The maximum absolute atomic E-state index is 13.2. The summed E-state index contributed by atoms with van der Waals surface area (Å²) in [7, 11) is 0. The van der Waals surface area contributed by atoms with Crippen LogP contribution in [0.3, 0.4) is 0 Å². The van der Waals surface area contributed by atoms with Crippen LogP contribution in [0.25, 0.3) is 0 Å². The molecule has 5 heteroatoms. The summed E-state index contributed by atoms with van der Waals surface area (Å²) in [6.45, 7) is 2.41. The van der Waals surface area contributed by atoms with Crippen molar-refractivity contribution in [3.63, 3.8) is 0 Å². The third-order valence-electron chi connectivity index (χ3n) is 2.70. The first-order valence-electron chi connectivity index (χ1n) is 5.80. The monoisotopic (exact) mass is 322 g/mol. The summed E-state index contributed by atoms with van der Waals surface area (Å²) in [4.78, 5) is 17.9. The van der Waals surface area contributed by atoms with Gasteiger partial charge in [-0.05, 0) is 53.2 Å². The Balaban J connectivity index is 2.33. The number of anilines is 1. The number of halogens is 2. The van der Waals surface area contributed by atoms with Crippen LogP contribution in [0.4, 0.5) is 10.1 Å². The predicted molar refractivity (Wildman–Crippen MR) is 75.7 cm³/mol. The van der Waals surface area contributed by atoms with Gasteiger partial charge in [0.2, 0.25) is 0 Å². The Hall–Kier alpha value is -1.75. The molecular formula is C14H12BrFN2O. The van der Waals surface area contributed by atoms with Crippen LogP contribution >= 0.6 is 15.9 Å². The van der Waals surface area contributed by atoms with Crippen molar-refractivity contribution in [2.45, 2.75) is 6.92 Å². The first kappa shape index (κ1) is 13.7. The van der Waals surface area contributed by atoms with Crippen molar-refractivity contribution in [3.05, 3.63) is 58.6 Å². The molecule has 0 bridgehead atoms. The maximum atomic E-state index is 13.2. The molecule has 0 radical (unpaired) electrons. The minimum absolute atomic E-state index is 0.172. The van der Waals surface area contributed by atoms with E-state index in [1.54, 1.807) is 29.4 Å². The average molecular weight is 323 g/mol. The van der Waals surface area contributed by atoms with Crippen molar-refractivity contribution in [2.24, 2.45) is 0 Å². The Labute approximate surface area is 119 Å². The van der Waals surface area contributed by atoms with Crippen LogP contribution < -0.4 is 4.90 Å². The van der Waals surface area contributed by atoms with Crippen LogP contribution in [-0.2, 0) is 0 Å². The molecule has 0 aliphatic carbocycles. The lowest BCUT2D eigenvalue weighted by Crippen LogP contribution is -2.30. The van der Waals surface area contributed by atoms with Gasteiger partial charge in [0.25, 0.3) is 5.91 Å². The van der Waals surface area contributed by atoms with Gasteiger partial charge in [0.15, 0.2) is 0 Å². The molecule has 2 rings (SSSR count). The molecule has 0 N–H and O–H groups in total. The van der Waals surface area contributed by atoms with Gasteiger partial charge in [-0.3, -0.25) is 9.78 Å². The van der Waals surface area contributed by atoms with E-state index in [1.807, 2.05) is 6.92 Å². The molecule has 0 aliphatic rings. The molecule has 0 atom stereocenters. The van der Waals surface area contributed by atoms with Gasteiger partial charge in [-0.25, -0.2) is 4.39 Å². The lowest BCUT2D eigenvalue weighted by molar-refractivity contribution is 0.0988. The first-order chi connectivity index (χ1) is 9.13. The van der Waals surface area contributed by atoms with E-state index < -0.39 is 0 Å². The number of benzene rings is 1. The third-order valence-corrected chi connectivity index (χ3v) is 3.31. The minimum Gasteiger partial charge on any atom is -0.309 e. The number of pyridine rings is 1. The smallest absolute Gasteiger partial charge is 0.258 e. The zero-order valence-electron chi connectivity index (χ0n) is 10.3. The third kappa shape index (κ3) is 2.98. The van der Waals surface area contributed by atoms with Gasteiger partial charge < -0.3 is 4.90 Å². The number of rotatable bonds is 3. The van der Waals surface area contributed by atoms with E-state index in [4.69, 9.17) is 0 Å². The number of hydrogen-bond donors (Lipinski definition) is 0. The number of carbonyl (C=O) groups is 1. The van der Waals surface area contributed by atoms with Gasteiger partial charge in [0, 0.05) is 30.2 Å². The second kappa shape index (κ2) is 5.93. The Morgan fingerprint density at radius 1 is 1.32 bits per heavy atom. The summed E-state index contributed by atoms with van der Waals surface area (Å²) in [5, 5.41) is 0. The van der Waals surface area contributed by atoms with Crippen molar-refractivity contribution < 1.29 is 9.18 Å². The summed E-state index contributed by atoms with van der Waals surface area (Å²) in [6, 6.07) is 7.77. The largest absolute Gasteiger partial charge is 0.309 e. The van der Waals surface area contributed by atoms with Crippen LogP contribution in [0, 0.1) is 5.82 Å². The summed E-state index contributed by atoms with van der Waals surface area (Å²) in [6.07, 6.45) is 3.26. The Kier molecular flexibility index (Phi) is 4.27. The van der Waals surface area contributed by atoms with Crippen molar-refractivity contribution in [1.29, 1.82) is 0 Å². The maximum Gasteiger partial charge on any atom is 0.258 e. The number of nitrogens with zero attached hydrogens (tertiary/aromatic N) is 2. The van der Waals surface area contributed by atoms with Crippen molar-refractivity contribution in [2.75, 3.05) is 11.4 Å². The van der Waals surface area contributed by atoms with Gasteiger partial charge in [-0.2, -0.15) is 0 Å². The minimum atomic E-state index is -0.386. The summed E-state index contributed by atoms with van der Waals surface area (Å²) < 4.78 is 13.5. The highest BCUT2D eigenvalue weighted by molar-refractivity contribution is 9.10. The van der Waals surface area contributed by atoms with Crippen LogP contribution in [0.2, 0.25) is 0 Å². The highest BCUT2D eigenvalue weighted by atomic mass is 79.9. The van der Waals surface area contributed by atoms with Crippen molar-refractivity contribution >= 4 is 27.5 Å². The van der Waals surface area contributed by atoms with Crippen molar-refractivity contribution in [3.8, 4) is 0 Å². The number of aromatic nitrogens is 1. The fourth-order valence-electron chi connectivity index (χ4n) is 1.75. The van der Waals surface area contributed by atoms with Crippen LogP contribution in [0.15, 0.2) is 47.2 Å². The number of amides is 1. The lowest BCUT2D eigenvalue weighted by Gasteiger charge is -2.21. The van der Waals surface area contributed by atoms with E-state index in [-0.39, 0.29) is 16.2 Å². The number of carbonyl (C=O) groups excluding carboxylic acids is 1. The molecule has 1 heterocycles. The van der Waals surface area contributed by atoms with Gasteiger partial charge in [-0.15, -0.1) is 0 Å². The van der Waals surface area contributed by atoms with E-state index in [2.05, 4.69) is 20.9 Å². The topological polar surface area (TPSA) is 33.2 Å². The highest BCUT2D eigenvalue weighted by Crippen LogP contribution is 2.20. The molecule has 0 saturated heterocycles. The Morgan fingerprint density at radius 3 is 2.58 bits per heavy atom. The Morgan fingerprint density at radius 2 is 2.00 bits per heavy atom. The van der Waals surface area contributed by atoms with E-state index in [9.17, 15) is 9.18 Å². The SMILES string of the molecule is CCN(C(=O)c1ccc(F)c(Br)c1)c1ccncc1. The van der Waals surface area contributed by atoms with E-state index in [0.29, 0.717) is 12.1 Å². The number of hydrogen-bond acceptors (Lipinski definition) is 2. The molecule has 2 aromatic rings. The molecule has 3 nitrogen and oxygen atoms in total. The first-order valence-corrected chi connectivity index (χ1v) is 6.59.